The van der Waals surface area contributed by atoms with Crippen molar-refractivity contribution in [3.63, 3.8) is 0 Å². The number of carboxylic acids is 1. The molecule has 0 unspecified atom stereocenters. The molecular weight excluding hydrogens is 292 g/mol. The topological polar surface area (TPSA) is 90.1 Å². The Morgan fingerprint density at radius 3 is 2.95 bits per heavy atom. The highest BCUT2D eigenvalue weighted by atomic mass is 32.2. The molecule has 0 aliphatic heterocycles. The summed E-state index contributed by atoms with van der Waals surface area (Å²) in [6, 6.07) is 3.80. The van der Waals surface area contributed by atoms with Crippen LogP contribution in [0.25, 0.3) is 11.5 Å². The summed E-state index contributed by atoms with van der Waals surface area (Å²) in [5.74, 6) is -0.332. The Hall–Kier alpha value is -1.93. The van der Waals surface area contributed by atoms with Crippen molar-refractivity contribution in [2.45, 2.75) is 18.6 Å². The molecule has 2 aromatic rings. The lowest BCUT2D eigenvalue weighted by molar-refractivity contribution is -0.133. The lowest BCUT2D eigenvalue weighted by Gasteiger charge is -2.09. The molecule has 0 saturated carbocycles. The summed E-state index contributed by atoms with van der Waals surface area (Å²) >= 11 is 1.13. The van der Waals surface area contributed by atoms with Gasteiger partial charge in [-0.05, 0) is 18.6 Å². The molecular formula is C13H16N4O3S. The quantitative estimate of drug-likeness (QED) is 0.775. The molecule has 1 N–H and O–H groups in total. The zero-order chi connectivity index (χ0) is 15.2. The average molecular weight is 308 g/mol. The summed E-state index contributed by atoms with van der Waals surface area (Å²) in [5, 5.41) is 17.6. The third-order valence-corrected chi connectivity index (χ3v) is 3.73. The predicted molar refractivity (Wildman–Crippen MR) is 78.2 cm³/mol. The fraction of sp³-hybridized carbons (Fsp3) is 0.385. The number of rotatable bonds is 7. The molecule has 2 heterocycles. The van der Waals surface area contributed by atoms with Crippen LogP contribution in [0.3, 0.4) is 0 Å². The van der Waals surface area contributed by atoms with Crippen molar-refractivity contribution in [1.82, 2.24) is 19.7 Å². The Kier molecular flexibility index (Phi) is 5.29. The number of pyridine rings is 1. The summed E-state index contributed by atoms with van der Waals surface area (Å²) < 4.78 is 6.93. The number of hydrogen-bond acceptors (Lipinski definition) is 6. The number of carbonyl (C=O) groups is 1. The molecule has 0 bridgehead atoms. The maximum Gasteiger partial charge on any atom is 0.313 e. The number of methoxy groups -OCH3 is 1. The second kappa shape index (κ2) is 7.19. The maximum atomic E-state index is 10.7. The summed E-state index contributed by atoms with van der Waals surface area (Å²) in [4.78, 5) is 15.0. The van der Waals surface area contributed by atoms with E-state index in [1.807, 2.05) is 23.6 Å². The minimum absolute atomic E-state index is 0.0632. The van der Waals surface area contributed by atoms with Crippen molar-refractivity contribution in [3.05, 3.63) is 23.9 Å². The van der Waals surface area contributed by atoms with E-state index in [0.717, 1.165) is 23.0 Å². The van der Waals surface area contributed by atoms with Gasteiger partial charge in [-0.15, -0.1) is 10.2 Å². The first-order valence-electron chi connectivity index (χ1n) is 6.32. The minimum Gasteiger partial charge on any atom is -0.481 e. The third kappa shape index (κ3) is 3.79. The molecule has 0 amide bonds. The van der Waals surface area contributed by atoms with E-state index in [-0.39, 0.29) is 5.75 Å². The Balaban J connectivity index is 2.36. The summed E-state index contributed by atoms with van der Waals surface area (Å²) in [6.45, 7) is 2.97. The van der Waals surface area contributed by atoms with E-state index in [9.17, 15) is 4.79 Å². The van der Waals surface area contributed by atoms with Gasteiger partial charge in [-0.3, -0.25) is 14.3 Å². The molecule has 112 valence electrons. The van der Waals surface area contributed by atoms with Crippen LogP contribution in [-0.2, 0) is 16.1 Å². The van der Waals surface area contributed by atoms with Crippen LogP contribution >= 0.6 is 11.8 Å². The van der Waals surface area contributed by atoms with Crippen molar-refractivity contribution in [1.29, 1.82) is 0 Å². The van der Waals surface area contributed by atoms with E-state index < -0.39 is 5.97 Å². The molecule has 0 saturated heterocycles. The van der Waals surface area contributed by atoms with E-state index in [4.69, 9.17) is 9.84 Å². The standard InChI is InChI=1S/C13H16N4O3S/c1-9-4-3-5-14-11(9)12-15-16-13(21-8-10(18)19)17(12)6-7-20-2/h3-5H,6-8H2,1-2H3,(H,18,19). The Morgan fingerprint density at radius 2 is 2.29 bits per heavy atom. The number of aryl methyl sites for hydroxylation is 1. The molecule has 2 aromatic heterocycles. The van der Waals surface area contributed by atoms with Crippen molar-refractivity contribution in [2.24, 2.45) is 0 Å². The monoisotopic (exact) mass is 308 g/mol. The van der Waals surface area contributed by atoms with E-state index in [1.54, 1.807) is 13.3 Å². The van der Waals surface area contributed by atoms with Crippen LogP contribution in [0.1, 0.15) is 5.56 Å². The van der Waals surface area contributed by atoms with Gasteiger partial charge in [0.25, 0.3) is 0 Å². The second-order valence-corrected chi connectivity index (χ2v) is 5.24. The van der Waals surface area contributed by atoms with Gasteiger partial charge in [-0.25, -0.2) is 0 Å². The number of hydrogen-bond donors (Lipinski definition) is 1. The molecule has 0 spiro atoms. The van der Waals surface area contributed by atoms with Gasteiger partial charge < -0.3 is 9.84 Å². The molecule has 0 radical (unpaired) electrons. The van der Waals surface area contributed by atoms with Crippen LogP contribution in [0.15, 0.2) is 23.5 Å². The van der Waals surface area contributed by atoms with Crippen LogP contribution in [0.4, 0.5) is 0 Å². The fourth-order valence-electron chi connectivity index (χ4n) is 1.80. The third-order valence-electron chi connectivity index (χ3n) is 2.78. The van der Waals surface area contributed by atoms with Crippen LogP contribution in [0, 0.1) is 6.92 Å². The average Bonchev–Trinajstić information content (AvgIpc) is 2.86. The first-order valence-corrected chi connectivity index (χ1v) is 7.30. The molecule has 0 fully saturated rings. The van der Waals surface area contributed by atoms with Gasteiger partial charge in [0.1, 0.15) is 5.69 Å². The Labute approximate surface area is 126 Å². The van der Waals surface area contributed by atoms with Gasteiger partial charge >= 0.3 is 5.97 Å². The fourth-order valence-corrected chi connectivity index (χ4v) is 2.49. The van der Waals surface area contributed by atoms with E-state index in [2.05, 4.69) is 15.2 Å². The number of carboxylic acid groups (broad SMARTS) is 1. The van der Waals surface area contributed by atoms with Crippen molar-refractivity contribution >= 4 is 17.7 Å². The molecule has 7 nitrogen and oxygen atoms in total. The number of thioether (sulfide) groups is 1. The molecule has 0 atom stereocenters. The van der Waals surface area contributed by atoms with Gasteiger partial charge in [-0.2, -0.15) is 0 Å². The van der Waals surface area contributed by atoms with E-state index >= 15 is 0 Å². The van der Waals surface area contributed by atoms with Crippen LogP contribution in [0.2, 0.25) is 0 Å². The maximum absolute atomic E-state index is 10.7. The number of aromatic nitrogens is 4. The van der Waals surface area contributed by atoms with Crippen molar-refractivity contribution in [2.75, 3.05) is 19.5 Å². The Morgan fingerprint density at radius 1 is 1.48 bits per heavy atom. The number of nitrogens with zero attached hydrogens (tertiary/aromatic N) is 4. The van der Waals surface area contributed by atoms with E-state index in [1.165, 1.54) is 0 Å². The molecule has 0 aliphatic carbocycles. The number of aliphatic carboxylic acids is 1. The van der Waals surface area contributed by atoms with Gasteiger partial charge in [0.2, 0.25) is 0 Å². The Bertz CT molecular complexity index is 630. The molecule has 0 aliphatic rings. The molecule has 8 heteroatoms. The highest BCUT2D eigenvalue weighted by molar-refractivity contribution is 7.99. The lowest BCUT2D eigenvalue weighted by Crippen LogP contribution is -2.09. The van der Waals surface area contributed by atoms with Crippen molar-refractivity contribution < 1.29 is 14.6 Å². The second-order valence-electron chi connectivity index (χ2n) is 4.30. The SMILES string of the molecule is COCCn1c(SCC(=O)O)nnc1-c1ncccc1C. The van der Waals surface area contributed by atoms with Gasteiger partial charge in [0, 0.05) is 13.3 Å². The van der Waals surface area contributed by atoms with Crippen LogP contribution in [-0.4, -0.2) is 50.3 Å². The minimum atomic E-state index is -0.892. The molecule has 0 aromatic carbocycles. The molecule has 2 rings (SSSR count). The highest BCUT2D eigenvalue weighted by Gasteiger charge is 2.17. The van der Waals surface area contributed by atoms with Gasteiger partial charge in [0.05, 0.1) is 18.9 Å². The zero-order valence-corrected chi connectivity index (χ0v) is 12.6. The zero-order valence-electron chi connectivity index (χ0n) is 11.8. The van der Waals surface area contributed by atoms with E-state index in [0.29, 0.717) is 24.1 Å². The largest absolute Gasteiger partial charge is 0.481 e. The van der Waals surface area contributed by atoms with Crippen molar-refractivity contribution in [3.8, 4) is 11.5 Å². The normalized spacial score (nSPS) is 10.8. The summed E-state index contributed by atoms with van der Waals surface area (Å²) in [6.07, 6.45) is 1.70. The van der Waals surface area contributed by atoms with Crippen LogP contribution in [0.5, 0.6) is 0 Å². The lowest BCUT2D eigenvalue weighted by atomic mass is 10.2. The van der Waals surface area contributed by atoms with Gasteiger partial charge in [0.15, 0.2) is 11.0 Å². The highest BCUT2D eigenvalue weighted by Crippen LogP contribution is 2.24. The first kappa shape index (κ1) is 15.5. The summed E-state index contributed by atoms with van der Waals surface area (Å²) in [7, 11) is 1.61. The smallest absolute Gasteiger partial charge is 0.313 e. The number of ether oxygens (including phenoxy) is 1. The first-order chi connectivity index (χ1) is 10.1. The molecule has 21 heavy (non-hydrogen) atoms. The van der Waals surface area contributed by atoms with Gasteiger partial charge in [-0.1, -0.05) is 17.8 Å². The van der Waals surface area contributed by atoms with Crippen LogP contribution < -0.4 is 0 Å². The predicted octanol–water partition coefficient (Wildman–Crippen LogP) is 1.47. The summed E-state index contributed by atoms with van der Waals surface area (Å²) in [5.41, 5.74) is 1.72.